The van der Waals surface area contributed by atoms with Crippen molar-refractivity contribution in [2.45, 2.75) is 44.6 Å². The lowest BCUT2D eigenvalue weighted by atomic mass is 9.97. The van der Waals surface area contributed by atoms with Gasteiger partial charge in [0.05, 0.1) is 11.6 Å². The average Bonchev–Trinajstić information content (AvgIpc) is 3.21. The first-order chi connectivity index (χ1) is 10.7. The van der Waals surface area contributed by atoms with Crippen molar-refractivity contribution in [3.63, 3.8) is 0 Å². The van der Waals surface area contributed by atoms with Gasteiger partial charge in [-0.3, -0.25) is 4.79 Å². The van der Waals surface area contributed by atoms with Gasteiger partial charge in [0.25, 0.3) is 0 Å². The van der Waals surface area contributed by atoms with E-state index in [4.69, 9.17) is 0 Å². The van der Waals surface area contributed by atoms with Crippen molar-refractivity contribution < 1.29 is 9.59 Å². The minimum atomic E-state index is -0.108. The number of carbonyl (C=O) groups is 2. The van der Waals surface area contributed by atoms with E-state index in [1.165, 1.54) is 12.8 Å². The molecule has 6 heteroatoms. The number of nitrogens with zero attached hydrogens (tertiary/aromatic N) is 1. The first kappa shape index (κ1) is 15.3. The van der Waals surface area contributed by atoms with E-state index in [9.17, 15) is 9.59 Å². The summed E-state index contributed by atoms with van der Waals surface area (Å²) in [6.07, 6.45) is 6.32. The molecule has 2 fully saturated rings. The highest BCUT2D eigenvalue weighted by Crippen LogP contribution is 2.21. The van der Waals surface area contributed by atoms with Gasteiger partial charge in [0.1, 0.15) is 0 Å². The number of piperidine rings is 1. The van der Waals surface area contributed by atoms with E-state index in [1.54, 1.807) is 16.2 Å². The van der Waals surface area contributed by atoms with Crippen LogP contribution in [0, 0.1) is 5.92 Å². The fourth-order valence-corrected chi connectivity index (χ4v) is 3.88. The summed E-state index contributed by atoms with van der Waals surface area (Å²) in [6, 6.07) is 2.23. The normalized spacial score (nSPS) is 22.5. The maximum absolute atomic E-state index is 12.3. The molecule has 5 nitrogen and oxygen atoms in total. The standard InChI is InChI=1S/C16H23N3O2S/c20-15(17-14-7-9-22-11-14)12-4-3-8-19(10-12)16(21)18-13-5-1-2-6-13/h7,9,11-13H,1-6,8,10H2,(H,17,20)(H,18,21)/t12-/m1/s1. The monoisotopic (exact) mass is 321 g/mol. The zero-order valence-corrected chi connectivity index (χ0v) is 13.5. The highest BCUT2D eigenvalue weighted by Gasteiger charge is 2.29. The molecule has 0 aromatic carbocycles. The maximum atomic E-state index is 12.3. The SMILES string of the molecule is O=C(Nc1ccsc1)[C@@H]1CCCN(C(=O)NC2CCCC2)C1. The van der Waals surface area contributed by atoms with Crippen LogP contribution in [0.4, 0.5) is 10.5 Å². The summed E-state index contributed by atoms with van der Waals surface area (Å²) in [5, 5.41) is 9.91. The summed E-state index contributed by atoms with van der Waals surface area (Å²) in [5.74, 6) is -0.0836. The predicted octanol–water partition coefficient (Wildman–Crippen LogP) is 3.05. The number of carbonyl (C=O) groups excluding carboxylic acids is 2. The second kappa shape index (κ2) is 7.13. The van der Waals surface area contributed by atoms with Crippen LogP contribution in [0.2, 0.25) is 0 Å². The minimum absolute atomic E-state index is 0.0000617. The third-order valence-electron chi connectivity index (χ3n) is 4.55. The highest BCUT2D eigenvalue weighted by molar-refractivity contribution is 7.08. The zero-order chi connectivity index (χ0) is 15.4. The van der Waals surface area contributed by atoms with Gasteiger partial charge in [0.15, 0.2) is 0 Å². The Hall–Kier alpha value is -1.56. The number of nitrogens with one attached hydrogen (secondary N) is 2. The molecule has 1 aromatic rings. The Morgan fingerprint density at radius 3 is 2.73 bits per heavy atom. The number of rotatable bonds is 3. The van der Waals surface area contributed by atoms with E-state index in [-0.39, 0.29) is 17.9 Å². The zero-order valence-electron chi connectivity index (χ0n) is 12.7. The number of anilines is 1. The van der Waals surface area contributed by atoms with Gasteiger partial charge in [-0.1, -0.05) is 12.8 Å². The van der Waals surface area contributed by atoms with Crippen LogP contribution in [0.25, 0.3) is 0 Å². The van der Waals surface area contributed by atoms with Gasteiger partial charge in [-0.2, -0.15) is 11.3 Å². The van der Waals surface area contributed by atoms with Crippen molar-refractivity contribution in [2.24, 2.45) is 5.92 Å². The predicted molar refractivity (Wildman–Crippen MR) is 88.0 cm³/mol. The molecule has 2 heterocycles. The Labute approximate surface area is 135 Å². The van der Waals surface area contributed by atoms with Crippen LogP contribution in [0.15, 0.2) is 16.8 Å². The van der Waals surface area contributed by atoms with Crippen molar-refractivity contribution >= 4 is 29.0 Å². The number of likely N-dealkylation sites (tertiary alicyclic amines) is 1. The summed E-state index contributed by atoms with van der Waals surface area (Å²) in [6.45, 7) is 1.27. The molecule has 22 heavy (non-hydrogen) atoms. The summed E-state index contributed by atoms with van der Waals surface area (Å²) in [7, 11) is 0. The Balaban J connectivity index is 1.51. The van der Waals surface area contributed by atoms with E-state index in [1.807, 2.05) is 16.8 Å². The molecular weight excluding hydrogens is 298 g/mol. The van der Waals surface area contributed by atoms with Crippen LogP contribution >= 0.6 is 11.3 Å². The first-order valence-electron chi connectivity index (χ1n) is 8.11. The van der Waals surface area contributed by atoms with Gasteiger partial charge >= 0.3 is 6.03 Å². The Morgan fingerprint density at radius 2 is 2.00 bits per heavy atom. The van der Waals surface area contributed by atoms with Crippen LogP contribution < -0.4 is 10.6 Å². The van der Waals surface area contributed by atoms with Crippen molar-refractivity contribution in [1.82, 2.24) is 10.2 Å². The molecule has 1 aliphatic heterocycles. The van der Waals surface area contributed by atoms with Crippen LogP contribution in [-0.2, 0) is 4.79 Å². The molecule has 0 radical (unpaired) electrons. The fourth-order valence-electron chi connectivity index (χ4n) is 3.29. The lowest BCUT2D eigenvalue weighted by Crippen LogP contribution is -2.49. The third-order valence-corrected chi connectivity index (χ3v) is 5.23. The number of hydrogen-bond donors (Lipinski definition) is 2. The molecule has 0 unspecified atom stereocenters. The van der Waals surface area contributed by atoms with E-state index < -0.39 is 0 Å². The third kappa shape index (κ3) is 3.80. The van der Waals surface area contributed by atoms with E-state index >= 15 is 0 Å². The molecule has 1 saturated carbocycles. The molecule has 0 bridgehead atoms. The lowest BCUT2D eigenvalue weighted by Gasteiger charge is -2.32. The smallest absolute Gasteiger partial charge is 0.317 e. The van der Waals surface area contributed by atoms with E-state index in [2.05, 4.69) is 10.6 Å². The first-order valence-corrected chi connectivity index (χ1v) is 9.05. The van der Waals surface area contributed by atoms with Crippen molar-refractivity contribution in [3.8, 4) is 0 Å². The lowest BCUT2D eigenvalue weighted by molar-refractivity contribution is -0.121. The molecule has 1 aromatic heterocycles. The van der Waals surface area contributed by atoms with Crippen molar-refractivity contribution in [3.05, 3.63) is 16.8 Å². The summed E-state index contributed by atoms with van der Waals surface area (Å²) < 4.78 is 0. The maximum Gasteiger partial charge on any atom is 0.317 e. The Morgan fingerprint density at radius 1 is 1.18 bits per heavy atom. The van der Waals surface area contributed by atoms with Crippen molar-refractivity contribution in [2.75, 3.05) is 18.4 Å². The molecule has 2 N–H and O–H groups in total. The van der Waals surface area contributed by atoms with Gasteiger partial charge in [-0.05, 0) is 37.1 Å². The van der Waals surface area contributed by atoms with Crippen molar-refractivity contribution in [1.29, 1.82) is 0 Å². The Bertz CT molecular complexity index is 511. The average molecular weight is 321 g/mol. The Kier molecular flexibility index (Phi) is 4.97. The fraction of sp³-hybridized carbons (Fsp3) is 0.625. The summed E-state index contributed by atoms with van der Waals surface area (Å²) in [5.41, 5.74) is 0.850. The van der Waals surface area contributed by atoms with Crippen LogP contribution in [-0.4, -0.2) is 36.0 Å². The number of hydrogen-bond acceptors (Lipinski definition) is 3. The quantitative estimate of drug-likeness (QED) is 0.899. The van der Waals surface area contributed by atoms with Crippen LogP contribution in [0.3, 0.4) is 0 Å². The molecule has 1 atom stereocenters. The second-order valence-corrected chi connectivity index (χ2v) is 7.00. The van der Waals surface area contributed by atoms with Crippen LogP contribution in [0.5, 0.6) is 0 Å². The molecular formula is C16H23N3O2S. The number of thiophene rings is 1. The molecule has 120 valence electrons. The second-order valence-electron chi connectivity index (χ2n) is 6.22. The van der Waals surface area contributed by atoms with Gasteiger partial charge in [-0.15, -0.1) is 0 Å². The van der Waals surface area contributed by atoms with E-state index in [0.717, 1.165) is 37.9 Å². The van der Waals surface area contributed by atoms with Gasteiger partial charge < -0.3 is 15.5 Å². The van der Waals surface area contributed by atoms with Gasteiger partial charge in [-0.25, -0.2) is 4.79 Å². The number of urea groups is 1. The molecule has 1 aliphatic carbocycles. The highest BCUT2D eigenvalue weighted by atomic mass is 32.1. The largest absolute Gasteiger partial charge is 0.335 e. The summed E-state index contributed by atoms with van der Waals surface area (Å²) >= 11 is 1.56. The van der Waals surface area contributed by atoms with E-state index in [0.29, 0.717) is 12.6 Å². The van der Waals surface area contributed by atoms with Gasteiger partial charge in [0.2, 0.25) is 5.91 Å². The molecule has 0 spiro atoms. The number of amides is 3. The summed E-state index contributed by atoms with van der Waals surface area (Å²) in [4.78, 5) is 26.4. The minimum Gasteiger partial charge on any atom is -0.335 e. The van der Waals surface area contributed by atoms with Crippen LogP contribution in [0.1, 0.15) is 38.5 Å². The molecule has 3 rings (SSSR count). The topological polar surface area (TPSA) is 61.4 Å². The molecule has 2 aliphatic rings. The van der Waals surface area contributed by atoms with Gasteiger partial charge in [0, 0.05) is 24.5 Å². The molecule has 3 amide bonds. The molecule has 1 saturated heterocycles.